The lowest BCUT2D eigenvalue weighted by molar-refractivity contribution is -0.123. The maximum absolute atomic E-state index is 13.5. The standard InChI is InChI=1S/C23H24ClFN6O2/c1-14-21(28-29-31(14)17-8-9-19(25)18(24)11-17)23(33)27-20-7-3-2-5-15(20)12-30-10-4-6-16(13-30)22(26)32/h2-3,5,7-9,11,16H,4,6,10,12-13H2,1H3,(H2,26,32)(H,27,33). The summed E-state index contributed by atoms with van der Waals surface area (Å²) >= 11 is 5.87. The second-order valence-electron chi connectivity index (χ2n) is 8.12. The van der Waals surface area contributed by atoms with Crippen LogP contribution >= 0.6 is 11.6 Å². The lowest BCUT2D eigenvalue weighted by Gasteiger charge is -2.31. The first-order chi connectivity index (χ1) is 15.8. The van der Waals surface area contributed by atoms with E-state index in [9.17, 15) is 14.0 Å². The van der Waals surface area contributed by atoms with Gasteiger partial charge in [0, 0.05) is 18.8 Å². The average molecular weight is 471 g/mol. The number of piperidine rings is 1. The number of amides is 2. The van der Waals surface area contributed by atoms with Crippen molar-refractivity contribution in [3.05, 3.63) is 70.3 Å². The van der Waals surface area contributed by atoms with Gasteiger partial charge in [-0.05, 0) is 56.1 Å². The van der Waals surface area contributed by atoms with Gasteiger partial charge in [-0.1, -0.05) is 35.0 Å². The first-order valence-corrected chi connectivity index (χ1v) is 11.0. The molecule has 2 heterocycles. The fourth-order valence-electron chi connectivity index (χ4n) is 4.03. The van der Waals surface area contributed by atoms with Gasteiger partial charge in [-0.25, -0.2) is 9.07 Å². The average Bonchev–Trinajstić information content (AvgIpc) is 3.18. The number of halogens is 2. The van der Waals surface area contributed by atoms with Gasteiger partial charge in [0.15, 0.2) is 5.69 Å². The van der Waals surface area contributed by atoms with E-state index in [-0.39, 0.29) is 22.5 Å². The molecule has 172 valence electrons. The minimum Gasteiger partial charge on any atom is -0.369 e. The maximum atomic E-state index is 13.5. The lowest BCUT2D eigenvalue weighted by atomic mass is 9.97. The van der Waals surface area contributed by atoms with Gasteiger partial charge in [-0.15, -0.1) is 5.10 Å². The van der Waals surface area contributed by atoms with Crippen molar-refractivity contribution in [1.29, 1.82) is 0 Å². The van der Waals surface area contributed by atoms with Crippen molar-refractivity contribution in [2.24, 2.45) is 11.7 Å². The van der Waals surface area contributed by atoms with E-state index in [1.165, 1.54) is 22.9 Å². The Morgan fingerprint density at radius 1 is 1.27 bits per heavy atom. The number of para-hydroxylation sites is 1. The molecular weight excluding hydrogens is 447 g/mol. The molecule has 1 aliphatic rings. The Morgan fingerprint density at radius 3 is 2.82 bits per heavy atom. The summed E-state index contributed by atoms with van der Waals surface area (Å²) < 4.78 is 14.9. The number of nitrogens with two attached hydrogens (primary N) is 1. The Kier molecular flexibility index (Phi) is 6.71. The minimum absolute atomic E-state index is 0.0429. The molecule has 1 aliphatic heterocycles. The van der Waals surface area contributed by atoms with Crippen LogP contribution in [0.4, 0.5) is 10.1 Å². The van der Waals surface area contributed by atoms with Gasteiger partial charge in [-0.3, -0.25) is 14.5 Å². The lowest BCUT2D eigenvalue weighted by Crippen LogP contribution is -2.40. The van der Waals surface area contributed by atoms with E-state index in [1.54, 1.807) is 6.92 Å². The van der Waals surface area contributed by atoms with E-state index in [2.05, 4.69) is 20.5 Å². The summed E-state index contributed by atoms with van der Waals surface area (Å²) in [5.41, 5.74) is 8.21. The molecule has 8 nitrogen and oxygen atoms in total. The van der Waals surface area contributed by atoms with E-state index in [4.69, 9.17) is 17.3 Å². The van der Waals surface area contributed by atoms with Crippen molar-refractivity contribution in [1.82, 2.24) is 19.9 Å². The first-order valence-electron chi connectivity index (χ1n) is 10.6. The smallest absolute Gasteiger partial charge is 0.278 e. The fourth-order valence-corrected chi connectivity index (χ4v) is 4.21. The third-order valence-electron chi connectivity index (χ3n) is 5.82. The third-order valence-corrected chi connectivity index (χ3v) is 6.11. The SMILES string of the molecule is Cc1c(C(=O)Nc2ccccc2CN2CCCC(C(N)=O)C2)nnn1-c1ccc(F)c(Cl)c1. The molecule has 1 unspecified atom stereocenters. The van der Waals surface area contributed by atoms with Gasteiger partial charge >= 0.3 is 0 Å². The highest BCUT2D eigenvalue weighted by Crippen LogP contribution is 2.24. The van der Waals surface area contributed by atoms with Crippen molar-refractivity contribution in [3.8, 4) is 5.69 Å². The molecule has 1 saturated heterocycles. The highest BCUT2D eigenvalue weighted by Gasteiger charge is 2.25. The molecule has 2 amide bonds. The number of nitrogens with one attached hydrogen (secondary N) is 1. The third kappa shape index (κ3) is 5.04. The van der Waals surface area contributed by atoms with Crippen LogP contribution < -0.4 is 11.1 Å². The van der Waals surface area contributed by atoms with Gasteiger partial charge in [-0.2, -0.15) is 0 Å². The van der Waals surface area contributed by atoms with E-state index in [1.807, 2.05) is 24.3 Å². The Morgan fingerprint density at radius 2 is 2.06 bits per heavy atom. The molecular formula is C23H24ClFN6O2. The summed E-state index contributed by atoms with van der Waals surface area (Å²) in [7, 11) is 0. The molecule has 3 N–H and O–H groups in total. The van der Waals surface area contributed by atoms with Crippen molar-refractivity contribution in [2.45, 2.75) is 26.3 Å². The van der Waals surface area contributed by atoms with Crippen LogP contribution in [0.1, 0.15) is 34.6 Å². The van der Waals surface area contributed by atoms with E-state index in [0.29, 0.717) is 30.2 Å². The molecule has 4 rings (SSSR count). The van der Waals surface area contributed by atoms with Crippen LogP contribution in [0.15, 0.2) is 42.5 Å². The Balaban J connectivity index is 1.51. The zero-order valence-electron chi connectivity index (χ0n) is 18.1. The summed E-state index contributed by atoms with van der Waals surface area (Å²) in [4.78, 5) is 26.8. The van der Waals surface area contributed by atoms with E-state index >= 15 is 0 Å². The molecule has 2 aromatic carbocycles. The molecule has 1 aromatic heterocycles. The summed E-state index contributed by atoms with van der Waals surface area (Å²) in [6.07, 6.45) is 1.70. The van der Waals surface area contributed by atoms with Crippen LogP contribution in [0, 0.1) is 18.7 Å². The number of hydrogen-bond donors (Lipinski definition) is 2. The predicted octanol–water partition coefficient (Wildman–Crippen LogP) is 3.32. The van der Waals surface area contributed by atoms with Gasteiger partial charge in [0.25, 0.3) is 5.91 Å². The molecule has 0 saturated carbocycles. The molecule has 0 radical (unpaired) electrons. The molecule has 0 aliphatic carbocycles. The van der Waals surface area contributed by atoms with Gasteiger partial charge in [0.2, 0.25) is 5.91 Å². The number of primary amides is 1. The molecule has 10 heteroatoms. The highest BCUT2D eigenvalue weighted by atomic mass is 35.5. The van der Waals surface area contributed by atoms with Gasteiger partial charge in [0.05, 0.1) is 22.3 Å². The van der Waals surface area contributed by atoms with Crippen LogP contribution in [-0.4, -0.2) is 44.8 Å². The number of nitrogens with zero attached hydrogens (tertiary/aromatic N) is 4. The molecule has 1 fully saturated rings. The monoisotopic (exact) mass is 470 g/mol. The number of rotatable bonds is 6. The number of hydrogen-bond acceptors (Lipinski definition) is 5. The Hall–Kier alpha value is -3.30. The van der Waals surface area contributed by atoms with E-state index < -0.39 is 11.7 Å². The quantitative estimate of drug-likeness (QED) is 0.574. The predicted molar refractivity (Wildman–Crippen MR) is 123 cm³/mol. The summed E-state index contributed by atoms with van der Waals surface area (Å²) in [5.74, 6) is -1.38. The number of likely N-dealkylation sites (tertiary alicyclic amines) is 1. The second kappa shape index (κ2) is 9.68. The minimum atomic E-state index is -0.538. The summed E-state index contributed by atoms with van der Waals surface area (Å²) in [6, 6.07) is 11.7. The number of anilines is 1. The van der Waals surface area contributed by atoms with Crippen molar-refractivity contribution in [2.75, 3.05) is 18.4 Å². The fraction of sp³-hybridized carbons (Fsp3) is 0.304. The van der Waals surface area contributed by atoms with Gasteiger partial charge < -0.3 is 11.1 Å². The number of carbonyl (C=O) groups excluding carboxylic acids is 2. The normalized spacial score (nSPS) is 16.5. The van der Waals surface area contributed by atoms with E-state index in [0.717, 1.165) is 24.9 Å². The first kappa shape index (κ1) is 22.9. The summed E-state index contributed by atoms with van der Waals surface area (Å²) in [5, 5.41) is 10.9. The molecule has 3 aromatic rings. The zero-order chi connectivity index (χ0) is 23.5. The van der Waals surface area contributed by atoms with Crippen LogP contribution in [0.3, 0.4) is 0 Å². The molecule has 1 atom stereocenters. The Labute approximate surface area is 195 Å². The maximum Gasteiger partial charge on any atom is 0.278 e. The molecule has 0 bridgehead atoms. The van der Waals surface area contributed by atoms with Crippen LogP contribution in [0.25, 0.3) is 5.69 Å². The highest BCUT2D eigenvalue weighted by molar-refractivity contribution is 6.30. The van der Waals surface area contributed by atoms with Gasteiger partial charge in [0.1, 0.15) is 5.82 Å². The number of carbonyl (C=O) groups is 2. The number of benzene rings is 2. The molecule has 33 heavy (non-hydrogen) atoms. The zero-order valence-corrected chi connectivity index (χ0v) is 18.8. The van der Waals surface area contributed by atoms with Crippen LogP contribution in [0.5, 0.6) is 0 Å². The second-order valence-corrected chi connectivity index (χ2v) is 8.53. The van der Waals surface area contributed by atoms with Crippen LogP contribution in [0.2, 0.25) is 5.02 Å². The number of aromatic nitrogens is 3. The van der Waals surface area contributed by atoms with Crippen molar-refractivity contribution >= 4 is 29.1 Å². The topological polar surface area (TPSA) is 106 Å². The van der Waals surface area contributed by atoms with Crippen LogP contribution in [-0.2, 0) is 11.3 Å². The largest absolute Gasteiger partial charge is 0.369 e. The molecule has 0 spiro atoms. The van der Waals surface area contributed by atoms with Crippen molar-refractivity contribution in [3.63, 3.8) is 0 Å². The summed E-state index contributed by atoms with van der Waals surface area (Å²) in [6.45, 7) is 3.75. The van der Waals surface area contributed by atoms with Crippen molar-refractivity contribution < 1.29 is 14.0 Å². The Bertz CT molecular complexity index is 1200.